The zero-order valence-electron chi connectivity index (χ0n) is 20.3. The molecule has 0 radical (unpaired) electrons. The molecule has 1 atom stereocenters. The Bertz CT molecular complexity index is 1690. The highest BCUT2D eigenvalue weighted by molar-refractivity contribution is 6.00. The average Bonchev–Trinajstić information content (AvgIpc) is 3.40. The van der Waals surface area contributed by atoms with Crippen LogP contribution in [0.5, 0.6) is 11.5 Å². The molecule has 0 bridgehead atoms. The molecule has 6 rings (SSSR count). The van der Waals surface area contributed by atoms with Crippen LogP contribution in [0, 0.1) is 5.82 Å². The Kier molecular flexibility index (Phi) is 5.55. The smallest absolute Gasteiger partial charge is 0.343 e. The monoisotopic (exact) mass is 515 g/mol. The minimum Gasteiger partial charge on any atom is -0.462 e. The van der Waals surface area contributed by atoms with Crippen molar-refractivity contribution < 1.29 is 23.5 Å². The Balaban J connectivity index is 1.58. The van der Waals surface area contributed by atoms with Crippen molar-refractivity contribution in [2.24, 2.45) is 5.73 Å². The summed E-state index contributed by atoms with van der Waals surface area (Å²) in [5.74, 6) is -1.67. The average molecular weight is 516 g/mol. The second-order valence-corrected chi connectivity index (χ2v) is 9.11. The van der Waals surface area contributed by atoms with Crippen LogP contribution in [0.1, 0.15) is 45.7 Å². The van der Waals surface area contributed by atoms with Crippen LogP contribution in [0.15, 0.2) is 53.8 Å². The molecule has 4 heterocycles. The zero-order chi connectivity index (χ0) is 26.6. The van der Waals surface area contributed by atoms with E-state index in [1.165, 1.54) is 18.3 Å². The number of carbonyl (C=O) groups is 2. The first-order chi connectivity index (χ1) is 18.4. The Morgan fingerprint density at radius 2 is 2.11 bits per heavy atom. The Morgan fingerprint density at radius 1 is 1.26 bits per heavy atom. The van der Waals surface area contributed by atoms with Gasteiger partial charge in [-0.1, -0.05) is 0 Å². The summed E-state index contributed by atoms with van der Waals surface area (Å²) in [5.41, 5.74) is 6.41. The number of nitrogens with zero attached hydrogens (tertiary/aromatic N) is 4. The van der Waals surface area contributed by atoms with Crippen LogP contribution in [-0.2, 0) is 4.74 Å². The van der Waals surface area contributed by atoms with Gasteiger partial charge in [-0.05, 0) is 37.6 Å². The number of primary amides is 1. The van der Waals surface area contributed by atoms with Crippen LogP contribution in [-0.4, -0.2) is 46.1 Å². The number of esters is 1. The molecule has 4 aromatic rings. The van der Waals surface area contributed by atoms with E-state index in [1.54, 1.807) is 36.1 Å². The standard InChI is InChI=1S/C27H22FN5O5/c1-2-37-27(36)17-13-33-20-9-14(26(29)35)3-4-21(20)38-25-22(33)16(24(17)34)10-18(28)23(25)32-8-5-15(12-32)19-11-30-6-7-31-19/h3-4,6-7,9-11,13,15H,2,5,8,12H2,1H3,(H2,29,35). The molecule has 10 nitrogen and oxygen atoms in total. The van der Waals surface area contributed by atoms with Gasteiger partial charge in [0.25, 0.3) is 0 Å². The number of ether oxygens (including phenoxy) is 2. The van der Waals surface area contributed by atoms with Crippen LogP contribution >= 0.6 is 0 Å². The van der Waals surface area contributed by atoms with E-state index in [4.69, 9.17) is 15.2 Å². The molecule has 2 aliphatic rings. The molecule has 2 aromatic heterocycles. The molecule has 1 unspecified atom stereocenters. The second kappa shape index (κ2) is 8.94. The molecular formula is C27H22FN5O5. The quantitative estimate of drug-likeness (QED) is 0.353. The normalized spacial score (nSPS) is 15.7. The number of anilines is 1. The summed E-state index contributed by atoms with van der Waals surface area (Å²) in [6.45, 7) is 2.67. The van der Waals surface area contributed by atoms with Crippen LogP contribution < -0.4 is 20.8 Å². The Labute approximate surface area is 215 Å². The van der Waals surface area contributed by atoms with Crippen molar-refractivity contribution in [2.75, 3.05) is 24.6 Å². The van der Waals surface area contributed by atoms with Crippen molar-refractivity contribution in [1.82, 2.24) is 14.5 Å². The number of rotatable bonds is 5. The fourth-order valence-electron chi connectivity index (χ4n) is 5.13. The van der Waals surface area contributed by atoms with Crippen molar-refractivity contribution in [3.8, 4) is 17.2 Å². The molecule has 2 N–H and O–H groups in total. The molecule has 1 saturated heterocycles. The predicted octanol–water partition coefficient (Wildman–Crippen LogP) is 3.30. The number of aromatic nitrogens is 3. The number of hydrogen-bond acceptors (Lipinski definition) is 8. The lowest BCUT2D eigenvalue weighted by Gasteiger charge is -2.29. The fraction of sp³-hybridized carbons (Fsp3) is 0.222. The summed E-state index contributed by atoms with van der Waals surface area (Å²) in [4.78, 5) is 48.3. The van der Waals surface area contributed by atoms with Crippen LogP contribution in [0.2, 0.25) is 0 Å². The number of hydrogen-bond donors (Lipinski definition) is 1. The van der Waals surface area contributed by atoms with E-state index < -0.39 is 23.1 Å². The minimum absolute atomic E-state index is 0.0355. The van der Waals surface area contributed by atoms with E-state index in [1.807, 2.05) is 4.90 Å². The lowest BCUT2D eigenvalue weighted by atomic mass is 10.0. The third-order valence-corrected chi connectivity index (χ3v) is 6.89. The number of carbonyl (C=O) groups excluding carboxylic acids is 2. The maximum Gasteiger partial charge on any atom is 0.343 e. The van der Waals surface area contributed by atoms with E-state index in [0.717, 1.165) is 18.2 Å². The molecule has 0 aliphatic carbocycles. The molecule has 0 spiro atoms. The highest BCUT2D eigenvalue weighted by atomic mass is 19.1. The van der Waals surface area contributed by atoms with Gasteiger partial charge in [-0.15, -0.1) is 0 Å². The van der Waals surface area contributed by atoms with Gasteiger partial charge in [-0.25, -0.2) is 9.18 Å². The molecule has 1 amide bonds. The minimum atomic E-state index is -0.834. The fourth-order valence-corrected chi connectivity index (χ4v) is 5.13. The lowest BCUT2D eigenvalue weighted by molar-refractivity contribution is 0.0524. The summed E-state index contributed by atoms with van der Waals surface area (Å²) in [5, 5.41) is -0.0494. The summed E-state index contributed by atoms with van der Waals surface area (Å²) in [6.07, 6.45) is 6.99. The molecule has 2 aliphatic heterocycles. The molecule has 2 aromatic carbocycles. The first kappa shape index (κ1) is 23.6. The van der Waals surface area contributed by atoms with Crippen molar-refractivity contribution in [3.05, 3.63) is 81.9 Å². The van der Waals surface area contributed by atoms with Crippen LogP contribution in [0.4, 0.5) is 10.1 Å². The summed E-state index contributed by atoms with van der Waals surface area (Å²) in [6, 6.07) is 5.67. The third kappa shape index (κ3) is 3.66. The van der Waals surface area contributed by atoms with Crippen molar-refractivity contribution >= 4 is 28.5 Å². The number of benzene rings is 2. The van der Waals surface area contributed by atoms with Gasteiger partial charge in [0.05, 0.1) is 23.4 Å². The summed E-state index contributed by atoms with van der Waals surface area (Å²) < 4.78 is 28.7. The second-order valence-electron chi connectivity index (χ2n) is 9.11. The first-order valence-corrected chi connectivity index (χ1v) is 12.1. The van der Waals surface area contributed by atoms with Gasteiger partial charge in [-0.2, -0.15) is 0 Å². The summed E-state index contributed by atoms with van der Waals surface area (Å²) >= 11 is 0. The van der Waals surface area contributed by atoms with E-state index >= 15 is 4.39 Å². The van der Waals surface area contributed by atoms with Gasteiger partial charge in [0.2, 0.25) is 11.3 Å². The summed E-state index contributed by atoms with van der Waals surface area (Å²) in [7, 11) is 0. The topological polar surface area (TPSA) is 130 Å². The van der Waals surface area contributed by atoms with Crippen molar-refractivity contribution in [3.63, 3.8) is 0 Å². The van der Waals surface area contributed by atoms with Gasteiger partial charge in [0.1, 0.15) is 16.8 Å². The SMILES string of the molecule is CCOC(=O)c1cn2c3c(c(N4CCC(c5cnccn5)C4)c(F)cc3c1=O)Oc1ccc(C(N)=O)cc1-2. The van der Waals surface area contributed by atoms with E-state index in [2.05, 4.69) is 9.97 Å². The number of fused-ring (bicyclic) bond motifs is 2. The zero-order valence-corrected chi connectivity index (χ0v) is 20.3. The van der Waals surface area contributed by atoms with Crippen molar-refractivity contribution in [2.45, 2.75) is 19.3 Å². The molecule has 11 heteroatoms. The van der Waals surface area contributed by atoms with Gasteiger partial charge in [-0.3, -0.25) is 19.6 Å². The predicted molar refractivity (Wildman–Crippen MR) is 136 cm³/mol. The van der Waals surface area contributed by atoms with E-state index in [0.29, 0.717) is 24.5 Å². The van der Waals surface area contributed by atoms with Crippen LogP contribution in [0.25, 0.3) is 16.6 Å². The number of halogens is 1. The Morgan fingerprint density at radius 3 is 2.84 bits per heavy atom. The Hall–Kier alpha value is -4.80. The highest BCUT2D eigenvalue weighted by Crippen LogP contribution is 2.48. The highest BCUT2D eigenvalue weighted by Gasteiger charge is 2.34. The van der Waals surface area contributed by atoms with E-state index in [-0.39, 0.29) is 46.0 Å². The first-order valence-electron chi connectivity index (χ1n) is 12.1. The lowest BCUT2D eigenvalue weighted by Crippen LogP contribution is -2.26. The maximum absolute atomic E-state index is 15.8. The largest absolute Gasteiger partial charge is 0.462 e. The van der Waals surface area contributed by atoms with E-state index in [9.17, 15) is 14.4 Å². The molecular weight excluding hydrogens is 493 g/mol. The van der Waals surface area contributed by atoms with Crippen molar-refractivity contribution in [1.29, 1.82) is 0 Å². The molecule has 1 fully saturated rings. The van der Waals surface area contributed by atoms with Gasteiger partial charge >= 0.3 is 5.97 Å². The van der Waals surface area contributed by atoms with Gasteiger partial charge < -0.3 is 24.7 Å². The molecule has 192 valence electrons. The maximum atomic E-state index is 15.8. The molecule has 38 heavy (non-hydrogen) atoms. The van der Waals surface area contributed by atoms with Crippen LogP contribution in [0.3, 0.4) is 0 Å². The molecule has 0 saturated carbocycles. The number of amides is 1. The number of pyridine rings is 1. The number of nitrogens with two attached hydrogens (primary N) is 1. The van der Waals surface area contributed by atoms with Gasteiger partial charge in [0, 0.05) is 49.4 Å². The third-order valence-electron chi connectivity index (χ3n) is 6.89. The van der Waals surface area contributed by atoms with Gasteiger partial charge in [0.15, 0.2) is 17.3 Å².